The van der Waals surface area contributed by atoms with Crippen LogP contribution in [0.25, 0.3) is 0 Å². The Kier molecular flexibility index (Phi) is 4.22. The molecule has 0 aromatic carbocycles. The van der Waals surface area contributed by atoms with Crippen LogP contribution in [0.3, 0.4) is 0 Å². The van der Waals surface area contributed by atoms with Crippen molar-refractivity contribution < 1.29 is 9.90 Å². The van der Waals surface area contributed by atoms with Crippen LogP contribution >= 0.6 is 27.3 Å². The van der Waals surface area contributed by atoms with Crippen molar-refractivity contribution in [3.63, 3.8) is 0 Å². The quantitative estimate of drug-likeness (QED) is 0.930. The molecule has 0 spiro atoms. The Balaban J connectivity index is 1.96. The number of carbonyl (C=O) groups is 1. The first-order valence-corrected chi connectivity index (χ1v) is 7.44. The Bertz CT molecular complexity index is 407. The van der Waals surface area contributed by atoms with Crippen molar-refractivity contribution in [3.8, 4) is 0 Å². The summed E-state index contributed by atoms with van der Waals surface area (Å²) in [6, 6.07) is 2.41. The van der Waals surface area contributed by atoms with Crippen LogP contribution in [0, 0.1) is 5.92 Å². The summed E-state index contributed by atoms with van der Waals surface area (Å²) in [7, 11) is 0. The molecule has 0 saturated carbocycles. The molecule has 1 aromatic rings. The number of piperidine rings is 1. The summed E-state index contributed by atoms with van der Waals surface area (Å²) in [4.78, 5) is 14.6. The molecule has 2 rings (SSSR count). The molecule has 1 aromatic heterocycles. The van der Waals surface area contributed by atoms with Crippen molar-refractivity contribution in [1.82, 2.24) is 4.90 Å². The van der Waals surface area contributed by atoms with Crippen LogP contribution in [-0.2, 0) is 11.3 Å². The molecule has 0 bridgehead atoms. The minimum atomic E-state index is -0.645. The van der Waals surface area contributed by atoms with Crippen LogP contribution in [0.2, 0.25) is 0 Å². The van der Waals surface area contributed by atoms with E-state index < -0.39 is 5.97 Å². The third-order valence-corrected chi connectivity index (χ3v) is 5.31. The number of hydrogen-bond acceptors (Lipinski definition) is 3. The van der Waals surface area contributed by atoms with Crippen LogP contribution in [0.15, 0.2) is 15.9 Å². The number of carboxylic acid groups (broad SMARTS) is 1. The van der Waals surface area contributed by atoms with Gasteiger partial charge in [0.15, 0.2) is 0 Å². The van der Waals surface area contributed by atoms with E-state index >= 15 is 0 Å². The average Bonchev–Trinajstić information content (AvgIpc) is 2.67. The summed E-state index contributed by atoms with van der Waals surface area (Å²) < 4.78 is 1.16. The molecule has 5 heteroatoms. The highest BCUT2D eigenvalue weighted by molar-refractivity contribution is 9.10. The number of thiophene rings is 1. The van der Waals surface area contributed by atoms with E-state index in [4.69, 9.17) is 5.11 Å². The maximum Gasteiger partial charge on any atom is 0.306 e. The van der Waals surface area contributed by atoms with Gasteiger partial charge in [-0.1, -0.05) is 0 Å². The van der Waals surface area contributed by atoms with Gasteiger partial charge in [-0.3, -0.25) is 9.69 Å². The third kappa shape index (κ3) is 3.09. The molecular weight excluding hydrogens is 302 g/mol. The van der Waals surface area contributed by atoms with E-state index in [1.165, 1.54) is 4.88 Å². The number of aliphatic carboxylic acids is 1. The lowest BCUT2D eigenvalue weighted by Crippen LogP contribution is -2.42. The van der Waals surface area contributed by atoms with Gasteiger partial charge in [-0.2, -0.15) is 0 Å². The van der Waals surface area contributed by atoms with E-state index in [1.54, 1.807) is 11.3 Å². The molecule has 1 aliphatic rings. The molecular formula is C12H16BrNO2S. The fourth-order valence-corrected chi connectivity index (χ4v) is 3.80. The fourth-order valence-electron chi connectivity index (χ4n) is 2.30. The van der Waals surface area contributed by atoms with E-state index in [0.717, 1.165) is 30.4 Å². The Hall–Kier alpha value is -0.390. The van der Waals surface area contributed by atoms with E-state index in [0.29, 0.717) is 6.04 Å². The van der Waals surface area contributed by atoms with Gasteiger partial charge in [-0.05, 0) is 53.7 Å². The molecule has 2 heterocycles. The van der Waals surface area contributed by atoms with Gasteiger partial charge >= 0.3 is 5.97 Å². The van der Waals surface area contributed by atoms with Gasteiger partial charge in [0.25, 0.3) is 0 Å². The summed E-state index contributed by atoms with van der Waals surface area (Å²) in [5.74, 6) is -0.804. The van der Waals surface area contributed by atoms with Crippen molar-refractivity contribution >= 4 is 33.2 Å². The molecule has 94 valence electrons. The number of carboxylic acids is 1. The second-order valence-corrected chi connectivity index (χ2v) is 6.43. The molecule has 1 aliphatic heterocycles. The number of rotatable bonds is 3. The lowest BCUT2D eigenvalue weighted by molar-refractivity contribution is -0.144. The number of likely N-dealkylation sites (tertiary alicyclic amines) is 1. The summed E-state index contributed by atoms with van der Waals surface area (Å²) in [6.45, 7) is 3.92. The number of halogens is 1. The third-order valence-electron chi connectivity index (χ3n) is 3.40. The molecule has 1 saturated heterocycles. The average molecular weight is 318 g/mol. The Morgan fingerprint density at radius 1 is 1.71 bits per heavy atom. The smallest absolute Gasteiger partial charge is 0.306 e. The Morgan fingerprint density at radius 2 is 2.47 bits per heavy atom. The normalized spacial score (nSPS) is 26.0. The van der Waals surface area contributed by atoms with Crippen molar-refractivity contribution in [2.45, 2.75) is 32.4 Å². The Morgan fingerprint density at radius 3 is 3.00 bits per heavy atom. The van der Waals surface area contributed by atoms with Gasteiger partial charge in [-0.15, -0.1) is 11.3 Å². The van der Waals surface area contributed by atoms with Gasteiger partial charge in [0.2, 0.25) is 0 Å². The zero-order valence-electron chi connectivity index (χ0n) is 9.73. The molecule has 2 atom stereocenters. The number of hydrogen-bond donors (Lipinski definition) is 1. The van der Waals surface area contributed by atoms with Crippen LogP contribution in [0.4, 0.5) is 0 Å². The lowest BCUT2D eigenvalue weighted by atomic mass is 9.92. The minimum Gasteiger partial charge on any atom is -0.481 e. The molecule has 2 unspecified atom stereocenters. The summed E-state index contributed by atoms with van der Waals surface area (Å²) >= 11 is 5.29. The van der Waals surface area contributed by atoms with Crippen molar-refractivity contribution in [2.75, 3.05) is 6.54 Å². The van der Waals surface area contributed by atoms with Gasteiger partial charge < -0.3 is 5.11 Å². The number of nitrogens with zero attached hydrogens (tertiary/aromatic N) is 1. The summed E-state index contributed by atoms with van der Waals surface area (Å²) in [5, 5.41) is 11.1. The van der Waals surface area contributed by atoms with Gasteiger partial charge in [0.1, 0.15) is 0 Å². The minimum absolute atomic E-state index is 0.159. The van der Waals surface area contributed by atoms with Gasteiger partial charge in [0.05, 0.1) is 5.92 Å². The first-order valence-electron chi connectivity index (χ1n) is 5.76. The highest BCUT2D eigenvalue weighted by atomic mass is 79.9. The first kappa shape index (κ1) is 13.1. The summed E-state index contributed by atoms with van der Waals surface area (Å²) in [5.41, 5.74) is 0. The van der Waals surface area contributed by atoms with E-state index in [9.17, 15) is 4.79 Å². The largest absolute Gasteiger partial charge is 0.481 e. The second kappa shape index (κ2) is 5.50. The van der Waals surface area contributed by atoms with Crippen molar-refractivity contribution in [1.29, 1.82) is 0 Å². The SMILES string of the molecule is CC1CC(C(=O)O)CCN1Cc1sccc1Br. The first-order chi connectivity index (χ1) is 8.08. The van der Waals surface area contributed by atoms with Gasteiger partial charge in [0, 0.05) is 21.9 Å². The maximum absolute atomic E-state index is 11.0. The molecule has 0 aliphatic carbocycles. The zero-order chi connectivity index (χ0) is 12.4. The lowest BCUT2D eigenvalue weighted by Gasteiger charge is -2.36. The second-order valence-electron chi connectivity index (χ2n) is 4.57. The van der Waals surface area contributed by atoms with E-state index in [2.05, 4.69) is 39.2 Å². The van der Waals surface area contributed by atoms with Crippen LogP contribution in [-0.4, -0.2) is 28.6 Å². The van der Waals surface area contributed by atoms with Crippen molar-refractivity contribution in [3.05, 3.63) is 20.8 Å². The molecule has 1 fully saturated rings. The summed E-state index contributed by atoms with van der Waals surface area (Å²) in [6.07, 6.45) is 1.53. The van der Waals surface area contributed by atoms with E-state index in [-0.39, 0.29) is 5.92 Å². The predicted molar refractivity (Wildman–Crippen MR) is 72.3 cm³/mol. The molecule has 0 radical (unpaired) electrons. The van der Waals surface area contributed by atoms with Crippen molar-refractivity contribution in [2.24, 2.45) is 5.92 Å². The zero-order valence-corrected chi connectivity index (χ0v) is 12.1. The molecule has 1 N–H and O–H groups in total. The van der Waals surface area contributed by atoms with Crippen LogP contribution in [0.5, 0.6) is 0 Å². The van der Waals surface area contributed by atoms with Crippen LogP contribution in [0.1, 0.15) is 24.6 Å². The predicted octanol–water partition coefficient (Wildman–Crippen LogP) is 3.20. The van der Waals surface area contributed by atoms with E-state index in [1.807, 2.05) is 0 Å². The fraction of sp³-hybridized carbons (Fsp3) is 0.583. The highest BCUT2D eigenvalue weighted by Gasteiger charge is 2.29. The monoisotopic (exact) mass is 317 g/mol. The maximum atomic E-state index is 11.0. The molecule has 3 nitrogen and oxygen atoms in total. The molecule has 0 amide bonds. The highest BCUT2D eigenvalue weighted by Crippen LogP contribution is 2.29. The van der Waals surface area contributed by atoms with Gasteiger partial charge in [-0.25, -0.2) is 0 Å². The Labute approximate surface area is 114 Å². The standard InChI is InChI=1S/C12H16BrNO2S/c1-8-6-9(12(15)16)2-4-14(8)7-11-10(13)3-5-17-11/h3,5,8-9H,2,4,6-7H2,1H3,(H,15,16). The molecule has 17 heavy (non-hydrogen) atoms. The topological polar surface area (TPSA) is 40.5 Å². The van der Waals surface area contributed by atoms with Crippen LogP contribution < -0.4 is 0 Å².